The van der Waals surface area contributed by atoms with Gasteiger partial charge in [-0.3, -0.25) is 0 Å². The Kier molecular flexibility index (Phi) is 3.11. The summed E-state index contributed by atoms with van der Waals surface area (Å²) in [6, 6.07) is 4.03. The fourth-order valence-corrected chi connectivity index (χ4v) is 2.02. The fourth-order valence-electron chi connectivity index (χ4n) is 2.02. The molecule has 1 aromatic heterocycles. The van der Waals surface area contributed by atoms with Crippen LogP contribution in [0.5, 0.6) is 0 Å². The molecule has 2 heterocycles. The Labute approximate surface area is 102 Å². The maximum atomic E-state index is 11.8. The Hall–Kier alpha value is -1.49. The number of H-pyrrole nitrogens is 1. The highest BCUT2D eigenvalue weighted by atomic mass is 16.2. The Balaban J connectivity index is 2.01. The van der Waals surface area contributed by atoms with Crippen molar-refractivity contribution in [2.75, 3.05) is 20.1 Å². The molecule has 94 valence electrons. The number of hydrogen-bond acceptors (Lipinski definition) is 2. The summed E-state index contributed by atoms with van der Waals surface area (Å²) in [7, 11) is 1.91. The van der Waals surface area contributed by atoms with Crippen LogP contribution in [0.25, 0.3) is 0 Å². The topological polar surface area (TPSA) is 60.2 Å². The smallest absolute Gasteiger partial charge is 0.318 e. The highest BCUT2D eigenvalue weighted by Gasteiger charge is 2.33. The Morgan fingerprint density at radius 2 is 2.35 bits per heavy atom. The van der Waals surface area contributed by atoms with Gasteiger partial charge in [-0.2, -0.15) is 0 Å². The van der Waals surface area contributed by atoms with Crippen LogP contribution in [0.15, 0.2) is 18.3 Å². The van der Waals surface area contributed by atoms with Crippen molar-refractivity contribution in [1.82, 2.24) is 20.5 Å². The van der Waals surface area contributed by atoms with Crippen molar-refractivity contribution < 1.29 is 4.79 Å². The molecule has 2 amide bonds. The SMILES string of the molecule is CNC(C)(C)CN1CC(c2ccc[nH]2)NC1=O. The number of carbonyl (C=O) groups excluding carboxylic acids is 1. The van der Waals surface area contributed by atoms with Gasteiger partial charge in [-0.05, 0) is 33.0 Å². The van der Waals surface area contributed by atoms with Crippen LogP contribution in [0, 0.1) is 0 Å². The maximum Gasteiger partial charge on any atom is 0.318 e. The van der Waals surface area contributed by atoms with Crippen LogP contribution < -0.4 is 10.6 Å². The Morgan fingerprint density at radius 1 is 1.59 bits per heavy atom. The van der Waals surface area contributed by atoms with E-state index in [-0.39, 0.29) is 17.6 Å². The summed E-state index contributed by atoms with van der Waals surface area (Å²) < 4.78 is 0. The second kappa shape index (κ2) is 4.41. The van der Waals surface area contributed by atoms with Gasteiger partial charge in [-0.15, -0.1) is 0 Å². The lowest BCUT2D eigenvalue weighted by molar-refractivity contribution is 0.201. The van der Waals surface area contributed by atoms with Gasteiger partial charge in [0.25, 0.3) is 0 Å². The molecule has 17 heavy (non-hydrogen) atoms. The van der Waals surface area contributed by atoms with E-state index in [0.29, 0.717) is 13.1 Å². The molecule has 0 radical (unpaired) electrons. The molecule has 1 fully saturated rings. The van der Waals surface area contributed by atoms with Crippen molar-refractivity contribution in [3.05, 3.63) is 24.0 Å². The second-order valence-electron chi connectivity index (χ2n) is 5.14. The van der Waals surface area contributed by atoms with E-state index >= 15 is 0 Å². The van der Waals surface area contributed by atoms with E-state index in [1.54, 1.807) is 0 Å². The number of hydrogen-bond donors (Lipinski definition) is 3. The van der Waals surface area contributed by atoms with Crippen molar-refractivity contribution in [2.24, 2.45) is 0 Å². The first-order valence-electron chi connectivity index (χ1n) is 5.89. The Bertz CT molecular complexity index is 385. The lowest BCUT2D eigenvalue weighted by Gasteiger charge is -2.29. The van der Waals surface area contributed by atoms with E-state index in [2.05, 4.69) is 29.5 Å². The minimum Gasteiger partial charge on any atom is -0.363 e. The molecule has 3 N–H and O–H groups in total. The number of aromatic amines is 1. The summed E-state index contributed by atoms with van der Waals surface area (Å²) in [5.74, 6) is 0. The first-order chi connectivity index (χ1) is 8.02. The summed E-state index contributed by atoms with van der Waals surface area (Å²) in [5.41, 5.74) is 0.991. The van der Waals surface area contributed by atoms with Crippen molar-refractivity contribution in [2.45, 2.75) is 25.4 Å². The average Bonchev–Trinajstić information content (AvgIpc) is 2.89. The zero-order chi connectivity index (χ0) is 12.5. The molecule has 0 spiro atoms. The zero-order valence-electron chi connectivity index (χ0n) is 10.6. The molecule has 1 aliphatic rings. The number of nitrogens with zero attached hydrogens (tertiary/aromatic N) is 1. The number of rotatable bonds is 4. The van der Waals surface area contributed by atoms with E-state index in [0.717, 1.165) is 5.69 Å². The summed E-state index contributed by atoms with van der Waals surface area (Å²) in [6.07, 6.45) is 1.88. The lowest BCUT2D eigenvalue weighted by Crippen LogP contribution is -2.48. The first-order valence-corrected chi connectivity index (χ1v) is 5.89. The number of likely N-dealkylation sites (N-methyl/N-ethyl adjacent to an activating group) is 1. The minimum absolute atomic E-state index is 0.00734. The van der Waals surface area contributed by atoms with Crippen LogP contribution in [0.4, 0.5) is 4.79 Å². The normalized spacial score (nSPS) is 20.8. The summed E-state index contributed by atoms with van der Waals surface area (Å²) in [4.78, 5) is 16.8. The van der Waals surface area contributed by atoms with Crippen LogP contribution >= 0.6 is 0 Å². The van der Waals surface area contributed by atoms with Crippen LogP contribution in [0.3, 0.4) is 0 Å². The predicted octanol–water partition coefficient (Wildman–Crippen LogP) is 1.08. The highest BCUT2D eigenvalue weighted by molar-refractivity contribution is 5.77. The fraction of sp³-hybridized carbons (Fsp3) is 0.583. The number of nitrogens with one attached hydrogen (secondary N) is 3. The third kappa shape index (κ3) is 2.61. The van der Waals surface area contributed by atoms with E-state index in [1.807, 2.05) is 30.3 Å². The monoisotopic (exact) mass is 236 g/mol. The van der Waals surface area contributed by atoms with Gasteiger partial charge in [0.2, 0.25) is 0 Å². The molecular weight excluding hydrogens is 216 g/mol. The molecular formula is C12H20N4O. The number of carbonyl (C=O) groups is 1. The second-order valence-corrected chi connectivity index (χ2v) is 5.14. The minimum atomic E-state index is -0.0675. The maximum absolute atomic E-state index is 11.8. The molecule has 1 aromatic rings. The molecule has 1 atom stereocenters. The van der Waals surface area contributed by atoms with Gasteiger partial charge in [0.1, 0.15) is 0 Å². The standard InChI is InChI=1S/C12H20N4O/c1-12(2,13-3)8-16-7-10(15-11(16)17)9-5-4-6-14-9/h4-6,10,13-14H,7-8H2,1-3H3,(H,15,17). The average molecular weight is 236 g/mol. The van der Waals surface area contributed by atoms with E-state index in [4.69, 9.17) is 0 Å². The quantitative estimate of drug-likeness (QED) is 0.732. The largest absolute Gasteiger partial charge is 0.363 e. The summed E-state index contributed by atoms with van der Waals surface area (Å²) in [6.45, 7) is 5.58. The molecule has 0 aliphatic carbocycles. The van der Waals surface area contributed by atoms with Crippen molar-refractivity contribution in [3.63, 3.8) is 0 Å². The molecule has 2 rings (SSSR count). The van der Waals surface area contributed by atoms with E-state index < -0.39 is 0 Å². The van der Waals surface area contributed by atoms with Gasteiger partial charge < -0.3 is 20.5 Å². The third-order valence-corrected chi connectivity index (χ3v) is 3.25. The summed E-state index contributed by atoms with van der Waals surface area (Å²) in [5, 5.41) is 6.19. The van der Waals surface area contributed by atoms with Gasteiger partial charge in [-0.1, -0.05) is 0 Å². The highest BCUT2D eigenvalue weighted by Crippen LogP contribution is 2.20. The van der Waals surface area contributed by atoms with Gasteiger partial charge >= 0.3 is 6.03 Å². The van der Waals surface area contributed by atoms with Crippen molar-refractivity contribution in [3.8, 4) is 0 Å². The predicted molar refractivity (Wildman–Crippen MR) is 66.8 cm³/mol. The molecule has 0 saturated carbocycles. The molecule has 0 bridgehead atoms. The van der Waals surface area contributed by atoms with E-state index in [9.17, 15) is 4.79 Å². The van der Waals surface area contributed by atoms with Gasteiger partial charge in [-0.25, -0.2) is 4.79 Å². The molecule has 1 saturated heterocycles. The molecule has 5 nitrogen and oxygen atoms in total. The van der Waals surface area contributed by atoms with Gasteiger partial charge in [0.15, 0.2) is 0 Å². The molecule has 1 aliphatic heterocycles. The number of amides is 2. The van der Waals surface area contributed by atoms with E-state index in [1.165, 1.54) is 0 Å². The first kappa shape index (κ1) is 12.0. The van der Waals surface area contributed by atoms with Crippen molar-refractivity contribution >= 4 is 6.03 Å². The van der Waals surface area contributed by atoms with Crippen LogP contribution in [-0.2, 0) is 0 Å². The molecule has 5 heteroatoms. The Morgan fingerprint density at radius 3 is 2.94 bits per heavy atom. The van der Waals surface area contributed by atoms with Gasteiger partial charge in [0, 0.05) is 30.5 Å². The lowest BCUT2D eigenvalue weighted by atomic mass is 10.1. The molecule has 0 aromatic carbocycles. The third-order valence-electron chi connectivity index (χ3n) is 3.25. The van der Waals surface area contributed by atoms with Crippen LogP contribution in [0.1, 0.15) is 25.6 Å². The van der Waals surface area contributed by atoms with Crippen LogP contribution in [-0.4, -0.2) is 41.6 Å². The van der Waals surface area contributed by atoms with Crippen molar-refractivity contribution in [1.29, 1.82) is 0 Å². The van der Waals surface area contributed by atoms with Crippen LogP contribution in [0.2, 0.25) is 0 Å². The molecule has 1 unspecified atom stereocenters. The zero-order valence-corrected chi connectivity index (χ0v) is 10.6. The number of urea groups is 1. The van der Waals surface area contributed by atoms with Gasteiger partial charge in [0.05, 0.1) is 6.04 Å². The number of aromatic nitrogens is 1. The summed E-state index contributed by atoms with van der Waals surface area (Å²) >= 11 is 0.